The van der Waals surface area contributed by atoms with E-state index in [9.17, 15) is 0 Å². The summed E-state index contributed by atoms with van der Waals surface area (Å²) in [5.74, 6) is 0.877. The van der Waals surface area contributed by atoms with Crippen LogP contribution in [0.2, 0.25) is 0 Å². The third kappa shape index (κ3) is 2.14. The molecule has 0 aliphatic rings. The van der Waals surface area contributed by atoms with Crippen LogP contribution >= 0.6 is 0 Å². The van der Waals surface area contributed by atoms with E-state index in [0.29, 0.717) is 6.61 Å². The summed E-state index contributed by atoms with van der Waals surface area (Å²) in [5, 5.41) is 4.12. The van der Waals surface area contributed by atoms with Gasteiger partial charge in [-0.1, -0.05) is 0 Å². The van der Waals surface area contributed by atoms with Crippen molar-refractivity contribution in [2.24, 2.45) is 0 Å². The highest BCUT2D eigenvalue weighted by molar-refractivity contribution is 5.58. The fourth-order valence-corrected chi connectivity index (χ4v) is 1.50. The van der Waals surface area contributed by atoms with Crippen molar-refractivity contribution in [2.75, 3.05) is 27.2 Å². The third-order valence-corrected chi connectivity index (χ3v) is 2.48. The first-order valence-electron chi connectivity index (χ1n) is 5.24. The summed E-state index contributed by atoms with van der Waals surface area (Å²) in [4.78, 5) is 6.09. The Bertz CT molecular complexity index is 478. The van der Waals surface area contributed by atoms with Crippen molar-refractivity contribution in [1.29, 1.82) is 0 Å². The Labute approximate surface area is 94.7 Å². The minimum atomic E-state index is 0.679. The Hall–Kier alpha value is -1.62. The fourth-order valence-electron chi connectivity index (χ4n) is 1.50. The van der Waals surface area contributed by atoms with Gasteiger partial charge >= 0.3 is 0 Å². The van der Waals surface area contributed by atoms with Crippen molar-refractivity contribution in [3.63, 3.8) is 0 Å². The van der Waals surface area contributed by atoms with Gasteiger partial charge in [-0.2, -0.15) is 5.10 Å². The van der Waals surface area contributed by atoms with Crippen molar-refractivity contribution in [1.82, 2.24) is 19.5 Å². The molecule has 0 saturated carbocycles. The van der Waals surface area contributed by atoms with Crippen molar-refractivity contribution >= 4 is 5.52 Å². The number of aryl methyl sites for hydroxylation is 1. The van der Waals surface area contributed by atoms with Gasteiger partial charge in [0.05, 0.1) is 17.9 Å². The van der Waals surface area contributed by atoms with Crippen molar-refractivity contribution < 1.29 is 4.74 Å². The number of hydrogen-bond acceptors (Lipinski definition) is 4. The van der Waals surface area contributed by atoms with Gasteiger partial charge in [-0.3, -0.25) is 0 Å². The Kier molecular flexibility index (Phi) is 3.05. The van der Waals surface area contributed by atoms with Crippen molar-refractivity contribution in [2.45, 2.75) is 6.92 Å². The summed E-state index contributed by atoms with van der Waals surface area (Å²) >= 11 is 0. The predicted molar refractivity (Wildman–Crippen MR) is 61.8 cm³/mol. The Morgan fingerprint density at radius 3 is 2.94 bits per heavy atom. The first kappa shape index (κ1) is 10.9. The molecule has 0 fully saturated rings. The summed E-state index contributed by atoms with van der Waals surface area (Å²) < 4.78 is 7.49. The van der Waals surface area contributed by atoms with Gasteiger partial charge in [0.25, 0.3) is 0 Å². The second-order valence-electron chi connectivity index (χ2n) is 4.01. The van der Waals surface area contributed by atoms with Crippen LogP contribution in [-0.2, 0) is 0 Å². The highest BCUT2D eigenvalue weighted by Crippen LogP contribution is 2.22. The smallest absolute Gasteiger partial charge is 0.142 e. The van der Waals surface area contributed by atoms with Gasteiger partial charge in [-0.15, -0.1) is 0 Å². The zero-order valence-electron chi connectivity index (χ0n) is 9.84. The molecule has 0 aliphatic carbocycles. The van der Waals surface area contributed by atoms with Crippen LogP contribution in [-0.4, -0.2) is 46.7 Å². The second-order valence-corrected chi connectivity index (χ2v) is 4.01. The van der Waals surface area contributed by atoms with Crippen LogP contribution in [0.1, 0.15) is 5.56 Å². The third-order valence-electron chi connectivity index (χ3n) is 2.48. The monoisotopic (exact) mass is 220 g/mol. The van der Waals surface area contributed by atoms with E-state index in [1.165, 1.54) is 6.33 Å². The zero-order chi connectivity index (χ0) is 11.5. The molecule has 2 heterocycles. The molecule has 0 bridgehead atoms. The molecule has 0 unspecified atom stereocenters. The van der Waals surface area contributed by atoms with Crippen LogP contribution in [0.25, 0.3) is 5.52 Å². The molecule has 5 heteroatoms. The molecular formula is C11H16N4O. The molecule has 2 aromatic heterocycles. The number of aromatic nitrogens is 3. The maximum atomic E-state index is 5.70. The van der Waals surface area contributed by atoms with Gasteiger partial charge in [-0.25, -0.2) is 9.50 Å². The predicted octanol–water partition coefficient (Wildman–Crippen LogP) is 0.978. The zero-order valence-corrected chi connectivity index (χ0v) is 9.84. The molecule has 2 aromatic rings. The normalized spacial score (nSPS) is 11.2. The SMILES string of the molecule is Cc1c(OCCN(C)C)cn2ncncc12. The molecule has 0 aromatic carbocycles. The Morgan fingerprint density at radius 1 is 1.44 bits per heavy atom. The van der Waals surface area contributed by atoms with Crippen LogP contribution in [0.5, 0.6) is 5.75 Å². The second kappa shape index (κ2) is 4.49. The summed E-state index contributed by atoms with van der Waals surface area (Å²) in [6.45, 7) is 3.60. The number of nitrogens with zero attached hydrogens (tertiary/aromatic N) is 4. The standard InChI is InChI=1S/C11H16N4O/c1-9-10-6-12-8-13-15(10)7-11(9)16-5-4-14(2)3/h6-8H,4-5H2,1-3H3. The molecule has 5 nitrogen and oxygen atoms in total. The molecule has 0 radical (unpaired) electrons. The number of rotatable bonds is 4. The van der Waals surface area contributed by atoms with E-state index in [1.807, 2.05) is 27.2 Å². The maximum absolute atomic E-state index is 5.70. The molecule has 0 N–H and O–H groups in total. The van der Waals surface area contributed by atoms with E-state index in [4.69, 9.17) is 4.74 Å². The highest BCUT2D eigenvalue weighted by Gasteiger charge is 2.08. The molecule has 2 rings (SSSR count). The van der Waals surface area contributed by atoms with E-state index < -0.39 is 0 Å². The van der Waals surface area contributed by atoms with E-state index in [-0.39, 0.29) is 0 Å². The summed E-state index contributed by atoms with van der Waals surface area (Å²) in [5.41, 5.74) is 2.07. The molecule has 0 amide bonds. The van der Waals surface area contributed by atoms with E-state index in [0.717, 1.165) is 23.4 Å². The number of likely N-dealkylation sites (N-methyl/N-ethyl adjacent to an activating group) is 1. The topological polar surface area (TPSA) is 42.7 Å². The van der Waals surface area contributed by atoms with Crippen LogP contribution in [0, 0.1) is 6.92 Å². The van der Waals surface area contributed by atoms with Gasteiger partial charge in [0, 0.05) is 12.1 Å². The van der Waals surface area contributed by atoms with E-state index in [1.54, 1.807) is 10.7 Å². The van der Waals surface area contributed by atoms with Gasteiger partial charge in [0.15, 0.2) is 0 Å². The number of fused-ring (bicyclic) bond motifs is 1. The quantitative estimate of drug-likeness (QED) is 0.770. The van der Waals surface area contributed by atoms with E-state index in [2.05, 4.69) is 15.0 Å². The number of hydrogen-bond donors (Lipinski definition) is 0. The van der Waals surface area contributed by atoms with Crippen LogP contribution in [0.4, 0.5) is 0 Å². The van der Waals surface area contributed by atoms with Crippen molar-refractivity contribution in [3.8, 4) is 5.75 Å². The van der Waals surface area contributed by atoms with Crippen LogP contribution < -0.4 is 4.74 Å². The molecule has 86 valence electrons. The van der Waals surface area contributed by atoms with Gasteiger partial charge < -0.3 is 9.64 Å². The van der Waals surface area contributed by atoms with Gasteiger partial charge in [0.1, 0.15) is 18.7 Å². The largest absolute Gasteiger partial charge is 0.490 e. The van der Waals surface area contributed by atoms with Crippen LogP contribution in [0.15, 0.2) is 18.7 Å². The number of ether oxygens (including phenoxy) is 1. The molecular weight excluding hydrogens is 204 g/mol. The summed E-state index contributed by atoms with van der Waals surface area (Å²) in [6, 6.07) is 0. The first-order chi connectivity index (χ1) is 7.68. The average Bonchev–Trinajstić information content (AvgIpc) is 2.56. The lowest BCUT2D eigenvalue weighted by atomic mass is 10.3. The van der Waals surface area contributed by atoms with Gasteiger partial charge in [0.2, 0.25) is 0 Å². The molecule has 0 saturated heterocycles. The summed E-state index contributed by atoms with van der Waals surface area (Å²) in [7, 11) is 4.05. The lowest BCUT2D eigenvalue weighted by Gasteiger charge is -2.10. The van der Waals surface area contributed by atoms with Crippen molar-refractivity contribution in [3.05, 3.63) is 24.3 Å². The Balaban J connectivity index is 2.15. The molecule has 0 atom stereocenters. The Morgan fingerprint density at radius 2 is 2.25 bits per heavy atom. The van der Waals surface area contributed by atoms with Crippen LogP contribution in [0.3, 0.4) is 0 Å². The lowest BCUT2D eigenvalue weighted by molar-refractivity contribution is 0.260. The minimum Gasteiger partial charge on any atom is -0.490 e. The minimum absolute atomic E-state index is 0.679. The lowest BCUT2D eigenvalue weighted by Crippen LogP contribution is -2.19. The molecule has 16 heavy (non-hydrogen) atoms. The highest BCUT2D eigenvalue weighted by atomic mass is 16.5. The average molecular weight is 220 g/mol. The molecule has 0 spiro atoms. The van der Waals surface area contributed by atoms with Gasteiger partial charge in [-0.05, 0) is 21.0 Å². The summed E-state index contributed by atoms with van der Waals surface area (Å²) in [6.07, 6.45) is 5.21. The maximum Gasteiger partial charge on any atom is 0.142 e. The first-order valence-corrected chi connectivity index (χ1v) is 5.24. The molecule has 0 aliphatic heterocycles. The van der Waals surface area contributed by atoms with E-state index >= 15 is 0 Å². The fraction of sp³-hybridized carbons (Fsp3) is 0.455.